The second-order valence-corrected chi connectivity index (χ2v) is 11.7. The molecule has 0 radical (unpaired) electrons. The summed E-state index contributed by atoms with van der Waals surface area (Å²) in [5, 5.41) is 9.64. The minimum atomic E-state index is -4.85. The topological polar surface area (TPSA) is 84.8 Å². The van der Waals surface area contributed by atoms with Crippen LogP contribution >= 0.6 is 11.3 Å². The van der Waals surface area contributed by atoms with Gasteiger partial charge in [0.05, 0.1) is 4.88 Å². The number of para-hydroxylation sites is 1. The van der Waals surface area contributed by atoms with Crippen LogP contribution < -0.4 is 9.64 Å². The molecule has 0 bridgehead atoms. The van der Waals surface area contributed by atoms with Gasteiger partial charge in [-0.1, -0.05) is 61.9 Å². The van der Waals surface area contributed by atoms with Gasteiger partial charge in [-0.05, 0) is 74.6 Å². The summed E-state index contributed by atoms with van der Waals surface area (Å²) < 4.78 is 54.6. The van der Waals surface area contributed by atoms with Gasteiger partial charge >= 0.3 is 12.3 Å². The van der Waals surface area contributed by atoms with Crippen molar-refractivity contribution in [2.75, 3.05) is 4.90 Å². The lowest BCUT2D eigenvalue weighted by molar-refractivity contribution is -0.140. The molecule has 1 atom stereocenters. The van der Waals surface area contributed by atoms with E-state index in [1.807, 2.05) is 18.2 Å². The highest BCUT2D eigenvalue weighted by molar-refractivity contribution is 7.19. The molecule has 0 saturated heterocycles. The van der Waals surface area contributed by atoms with Gasteiger partial charge < -0.3 is 14.6 Å². The van der Waals surface area contributed by atoms with E-state index in [9.17, 15) is 23.1 Å². The number of hydrogen-bond acceptors (Lipinski definition) is 7. The van der Waals surface area contributed by atoms with Gasteiger partial charge in [-0.15, -0.1) is 0 Å². The molecule has 0 spiro atoms. The lowest BCUT2D eigenvalue weighted by Gasteiger charge is -2.26. The number of hydrogen-bond donors (Lipinski definition) is 1. The van der Waals surface area contributed by atoms with Gasteiger partial charge in [0, 0.05) is 6.20 Å². The Morgan fingerprint density at radius 2 is 1.81 bits per heavy atom. The third-order valence-corrected chi connectivity index (χ3v) is 7.22. The third-order valence-electron chi connectivity index (χ3n) is 6.13. The average Bonchev–Trinajstić information content (AvgIpc) is 3.35. The van der Waals surface area contributed by atoms with Crippen LogP contribution in [0.3, 0.4) is 0 Å². The van der Waals surface area contributed by atoms with Crippen LogP contribution in [0, 0.1) is 0 Å². The number of aromatic nitrogens is 2. The Kier molecular flexibility index (Phi) is 9.10. The number of nitrogens with zero attached hydrogens (tertiary/aromatic N) is 3. The van der Waals surface area contributed by atoms with Gasteiger partial charge in [0.2, 0.25) is 11.0 Å². The van der Waals surface area contributed by atoms with Gasteiger partial charge in [0.25, 0.3) is 0 Å². The Balaban J connectivity index is 1.89. The molecule has 0 aliphatic heterocycles. The van der Waals surface area contributed by atoms with Crippen molar-refractivity contribution in [3.8, 4) is 27.8 Å². The summed E-state index contributed by atoms with van der Waals surface area (Å²) in [6.07, 6.45) is -2.47. The number of rotatable bonds is 8. The first kappa shape index (κ1) is 30.8. The number of phenolic OH excluding ortho intramolecular Hbond substituents is 1. The predicted molar refractivity (Wildman–Crippen MR) is 157 cm³/mol. The largest absolute Gasteiger partial charge is 0.508 e. The highest BCUT2D eigenvalue weighted by Crippen LogP contribution is 2.47. The maximum Gasteiger partial charge on any atom is 0.434 e. The van der Waals surface area contributed by atoms with E-state index in [0.717, 1.165) is 23.3 Å². The number of anilines is 2. The Hall–Kier alpha value is -4.12. The van der Waals surface area contributed by atoms with Crippen molar-refractivity contribution >= 4 is 28.2 Å². The number of pyridine rings is 1. The summed E-state index contributed by atoms with van der Waals surface area (Å²) in [5.74, 6) is 0.456. The van der Waals surface area contributed by atoms with Gasteiger partial charge in [0.15, 0.2) is 5.69 Å². The van der Waals surface area contributed by atoms with Crippen molar-refractivity contribution in [2.45, 2.75) is 65.2 Å². The first-order valence-corrected chi connectivity index (χ1v) is 14.2. The molecule has 222 valence electrons. The molecule has 0 fully saturated rings. The molecule has 2 aromatic carbocycles. The molecule has 1 amide bonds. The number of halogens is 3. The molecule has 1 N–H and O–H groups in total. The summed E-state index contributed by atoms with van der Waals surface area (Å²) >= 11 is 0.635. The van der Waals surface area contributed by atoms with Gasteiger partial charge in [-0.2, -0.15) is 13.2 Å². The van der Waals surface area contributed by atoms with E-state index in [2.05, 4.69) is 23.8 Å². The number of thiazole rings is 1. The number of alkyl halides is 3. The Morgan fingerprint density at radius 3 is 2.48 bits per heavy atom. The number of phenols is 1. The summed E-state index contributed by atoms with van der Waals surface area (Å²) in [6, 6.07) is 15.9. The van der Waals surface area contributed by atoms with Crippen LogP contribution in [-0.2, 0) is 10.9 Å². The lowest BCUT2D eigenvalue weighted by atomic mass is 9.96. The van der Waals surface area contributed by atoms with Crippen LogP contribution in [0.25, 0.3) is 10.4 Å². The van der Waals surface area contributed by atoms with E-state index >= 15 is 0 Å². The summed E-state index contributed by atoms with van der Waals surface area (Å²) in [7, 11) is 0. The van der Waals surface area contributed by atoms with E-state index in [4.69, 9.17) is 9.47 Å². The number of aromatic hydroxyl groups is 1. The van der Waals surface area contributed by atoms with E-state index in [0.29, 0.717) is 17.1 Å². The van der Waals surface area contributed by atoms with E-state index in [-0.39, 0.29) is 38.8 Å². The molecule has 0 aliphatic carbocycles. The maximum atomic E-state index is 14.2. The molecule has 2 heterocycles. The van der Waals surface area contributed by atoms with Crippen molar-refractivity contribution < 1.29 is 32.5 Å². The summed E-state index contributed by atoms with van der Waals surface area (Å²) in [5.41, 5.74) is -1.10. The zero-order valence-electron chi connectivity index (χ0n) is 23.9. The van der Waals surface area contributed by atoms with Crippen LogP contribution in [0.2, 0.25) is 0 Å². The minimum absolute atomic E-state index is 0.0119. The maximum absolute atomic E-state index is 14.2. The molecular weight excluding hydrogens is 567 g/mol. The van der Waals surface area contributed by atoms with Crippen molar-refractivity contribution in [2.24, 2.45) is 0 Å². The highest BCUT2D eigenvalue weighted by atomic mass is 32.1. The molecule has 0 aliphatic rings. The molecule has 1 unspecified atom stereocenters. The number of carbonyl (C=O) groups is 1. The molecular formula is C31H32F3N3O4S. The lowest BCUT2D eigenvalue weighted by Crippen LogP contribution is -2.34. The predicted octanol–water partition coefficient (Wildman–Crippen LogP) is 9.70. The fourth-order valence-corrected chi connectivity index (χ4v) is 5.42. The Morgan fingerprint density at radius 1 is 1.07 bits per heavy atom. The molecule has 2 aromatic heterocycles. The third kappa shape index (κ3) is 7.20. The molecule has 7 nitrogen and oxygen atoms in total. The molecule has 11 heteroatoms. The molecule has 0 saturated carbocycles. The van der Waals surface area contributed by atoms with E-state index < -0.39 is 23.6 Å². The smallest absolute Gasteiger partial charge is 0.434 e. The van der Waals surface area contributed by atoms with Gasteiger partial charge in [0.1, 0.15) is 22.8 Å². The van der Waals surface area contributed by atoms with Crippen molar-refractivity contribution in [3.05, 3.63) is 78.1 Å². The van der Waals surface area contributed by atoms with Crippen molar-refractivity contribution in [3.63, 3.8) is 0 Å². The second-order valence-electron chi connectivity index (χ2n) is 10.7. The fraction of sp³-hybridized carbons (Fsp3) is 0.323. The van der Waals surface area contributed by atoms with Crippen LogP contribution in [0.15, 0.2) is 66.9 Å². The highest BCUT2D eigenvalue weighted by Gasteiger charge is 2.40. The average molecular weight is 600 g/mol. The number of carbonyl (C=O) groups excluding carboxylic acids is 1. The normalized spacial score (nSPS) is 12.6. The quantitative estimate of drug-likeness (QED) is 0.217. The zero-order chi connectivity index (χ0) is 30.7. The van der Waals surface area contributed by atoms with Crippen molar-refractivity contribution in [1.82, 2.24) is 9.97 Å². The number of amides is 1. The SMILES string of the molecule is CCCC(C)c1ccccc1Oc1ncccc1N(C(=O)OC(C)(C)C)c1nc(C(F)(F)F)c(-c2cccc(O)c2)s1. The van der Waals surface area contributed by atoms with Crippen LogP contribution in [0.1, 0.15) is 64.6 Å². The van der Waals surface area contributed by atoms with E-state index in [1.165, 1.54) is 36.5 Å². The first-order valence-electron chi connectivity index (χ1n) is 13.4. The molecule has 42 heavy (non-hydrogen) atoms. The summed E-state index contributed by atoms with van der Waals surface area (Å²) in [4.78, 5) is 22.6. The number of benzene rings is 2. The fourth-order valence-electron chi connectivity index (χ4n) is 4.33. The Bertz CT molecular complexity index is 1550. The molecule has 4 aromatic rings. The van der Waals surface area contributed by atoms with Crippen LogP contribution in [0.5, 0.6) is 17.4 Å². The second kappa shape index (κ2) is 12.4. The first-order chi connectivity index (χ1) is 19.8. The van der Waals surface area contributed by atoms with Gasteiger partial charge in [-0.25, -0.2) is 19.7 Å². The zero-order valence-corrected chi connectivity index (χ0v) is 24.7. The monoisotopic (exact) mass is 599 g/mol. The van der Waals surface area contributed by atoms with Crippen LogP contribution in [-0.4, -0.2) is 26.8 Å². The van der Waals surface area contributed by atoms with Crippen LogP contribution in [0.4, 0.5) is 28.8 Å². The van der Waals surface area contributed by atoms with Gasteiger partial charge in [-0.3, -0.25) is 0 Å². The Labute approximate surface area is 246 Å². The molecule has 4 rings (SSSR count). The van der Waals surface area contributed by atoms with E-state index in [1.54, 1.807) is 32.9 Å². The van der Waals surface area contributed by atoms with Crippen molar-refractivity contribution in [1.29, 1.82) is 0 Å². The summed E-state index contributed by atoms with van der Waals surface area (Å²) in [6.45, 7) is 9.11. The standard InChI is InChI=1S/C31H32F3N3O4S/c1-6-11-19(2)22-14-7-8-16-24(22)40-27-23(15-10-17-35-27)37(29(39)41-30(3,4)5)28-36-26(31(32,33)34)25(42-28)20-12-9-13-21(38)18-20/h7-10,12-19,38H,6,11H2,1-5H3. The number of ether oxygens (including phenoxy) is 2. The minimum Gasteiger partial charge on any atom is -0.508 e.